The van der Waals surface area contributed by atoms with Crippen molar-refractivity contribution in [2.45, 2.75) is 39.5 Å². The highest BCUT2D eigenvalue weighted by molar-refractivity contribution is 5.86. The van der Waals surface area contributed by atoms with Crippen LogP contribution in [0.2, 0.25) is 0 Å². The summed E-state index contributed by atoms with van der Waals surface area (Å²) in [7, 11) is 0. The van der Waals surface area contributed by atoms with Gasteiger partial charge >= 0.3 is 6.18 Å². The minimum atomic E-state index is -4.90. The molecule has 1 aliphatic rings. The molecule has 3 nitrogen and oxygen atoms in total. The molecule has 3 rings (SSSR count). The molecule has 0 radical (unpaired) electrons. The highest BCUT2D eigenvalue weighted by Crippen LogP contribution is 2.58. The molecule has 1 unspecified atom stereocenters. The van der Waals surface area contributed by atoms with Crippen molar-refractivity contribution in [2.75, 3.05) is 6.61 Å². The van der Waals surface area contributed by atoms with E-state index in [2.05, 4.69) is 0 Å². The minimum absolute atomic E-state index is 0.184. The van der Waals surface area contributed by atoms with Crippen LogP contribution in [0.15, 0.2) is 24.3 Å². The molecule has 1 atom stereocenters. The molecule has 1 aliphatic carbocycles. The van der Waals surface area contributed by atoms with Crippen LogP contribution < -0.4 is 4.74 Å². The van der Waals surface area contributed by atoms with Crippen LogP contribution in [0.25, 0.3) is 11.1 Å². The summed E-state index contributed by atoms with van der Waals surface area (Å²) in [6.07, 6.45) is -4.90. The Morgan fingerprint density at radius 2 is 1.73 bits per heavy atom. The monoisotopic (exact) mass is 364 g/mol. The minimum Gasteiger partial charge on any atom is -0.485 e. The lowest BCUT2D eigenvalue weighted by Crippen LogP contribution is -2.42. The van der Waals surface area contributed by atoms with Crippen molar-refractivity contribution in [1.82, 2.24) is 0 Å². The first kappa shape index (κ1) is 18.5. The smallest absolute Gasteiger partial charge is 0.425 e. The third-order valence-corrected chi connectivity index (χ3v) is 5.02. The number of benzene rings is 2. The lowest BCUT2D eigenvalue weighted by molar-refractivity contribution is -0.247. The van der Waals surface area contributed by atoms with Crippen LogP contribution in [-0.4, -0.2) is 23.7 Å². The van der Waals surface area contributed by atoms with Gasteiger partial charge in [-0.3, -0.25) is 4.79 Å². The zero-order valence-electron chi connectivity index (χ0n) is 14.9. The molecule has 0 spiro atoms. The van der Waals surface area contributed by atoms with Gasteiger partial charge in [-0.2, -0.15) is 13.2 Å². The highest BCUT2D eigenvalue weighted by Gasteiger charge is 2.62. The molecule has 138 valence electrons. The highest BCUT2D eigenvalue weighted by atomic mass is 19.4. The van der Waals surface area contributed by atoms with Gasteiger partial charge < -0.3 is 9.84 Å². The number of ether oxygens (including phenoxy) is 1. The normalized spacial score (nSPS) is 18.5. The van der Waals surface area contributed by atoms with E-state index < -0.39 is 11.8 Å². The van der Waals surface area contributed by atoms with Gasteiger partial charge in [0.1, 0.15) is 12.4 Å². The third kappa shape index (κ3) is 2.35. The Labute approximate surface area is 149 Å². The van der Waals surface area contributed by atoms with Crippen molar-refractivity contribution in [3.05, 3.63) is 52.1 Å². The SMILES string of the molecule is CC(=O)COc1c(C)c(C)c2c(c1C)C(O)(C(F)(F)F)c1ccccc1-2. The molecule has 0 heterocycles. The lowest BCUT2D eigenvalue weighted by Gasteiger charge is -2.30. The number of aliphatic hydroxyl groups is 1. The van der Waals surface area contributed by atoms with Crippen LogP contribution >= 0.6 is 0 Å². The fourth-order valence-corrected chi connectivity index (χ4v) is 3.75. The van der Waals surface area contributed by atoms with Crippen LogP contribution in [0.1, 0.15) is 34.7 Å². The topological polar surface area (TPSA) is 46.5 Å². The molecule has 2 aromatic carbocycles. The van der Waals surface area contributed by atoms with Crippen LogP contribution in [0, 0.1) is 20.8 Å². The summed E-state index contributed by atoms with van der Waals surface area (Å²) in [5.74, 6) is -0.0248. The Balaban J connectivity index is 2.40. The van der Waals surface area contributed by atoms with Crippen molar-refractivity contribution in [3.63, 3.8) is 0 Å². The Hall–Kier alpha value is -2.34. The van der Waals surface area contributed by atoms with Crippen molar-refractivity contribution in [2.24, 2.45) is 0 Å². The second-order valence-corrected chi connectivity index (χ2v) is 6.70. The molecular weight excluding hydrogens is 345 g/mol. The quantitative estimate of drug-likeness (QED) is 0.880. The average Bonchev–Trinajstić information content (AvgIpc) is 2.83. The van der Waals surface area contributed by atoms with E-state index in [4.69, 9.17) is 4.74 Å². The van der Waals surface area contributed by atoms with Crippen LogP contribution in [0.3, 0.4) is 0 Å². The van der Waals surface area contributed by atoms with E-state index in [9.17, 15) is 23.1 Å². The van der Waals surface area contributed by atoms with E-state index in [0.29, 0.717) is 22.3 Å². The van der Waals surface area contributed by atoms with E-state index in [0.717, 1.165) is 0 Å². The van der Waals surface area contributed by atoms with Crippen molar-refractivity contribution in [1.29, 1.82) is 0 Å². The van der Waals surface area contributed by atoms with Crippen molar-refractivity contribution in [3.8, 4) is 16.9 Å². The van der Waals surface area contributed by atoms with Crippen molar-refractivity contribution < 1.29 is 27.8 Å². The Bertz CT molecular complexity index is 915. The Morgan fingerprint density at radius 1 is 1.12 bits per heavy atom. The van der Waals surface area contributed by atoms with Crippen LogP contribution in [-0.2, 0) is 10.4 Å². The molecule has 1 N–H and O–H groups in total. The zero-order chi connectivity index (χ0) is 19.4. The summed E-state index contributed by atoms with van der Waals surface area (Å²) < 4.78 is 47.6. The molecule has 26 heavy (non-hydrogen) atoms. The summed E-state index contributed by atoms with van der Waals surface area (Å²) in [6.45, 7) is 6.03. The number of hydrogen-bond acceptors (Lipinski definition) is 3. The van der Waals surface area contributed by atoms with E-state index in [1.807, 2.05) is 0 Å². The van der Waals surface area contributed by atoms with Gasteiger partial charge in [-0.25, -0.2) is 0 Å². The molecule has 2 aromatic rings. The number of rotatable bonds is 3. The van der Waals surface area contributed by atoms with Gasteiger partial charge in [0.05, 0.1) is 0 Å². The Kier molecular flexibility index (Phi) is 4.15. The van der Waals surface area contributed by atoms with E-state index in [1.165, 1.54) is 26.0 Å². The maximum absolute atomic E-state index is 14.0. The molecule has 0 aromatic heterocycles. The summed E-state index contributed by atoms with van der Waals surface area (Å²) in [5, 5.41) is 10.9. The molecule has 0 saturated carbocycles. The molecule has 0 aliphatic heterocycles. The van der Waals surface area contributed by atoms with Gasteiger partial charge in [-0.1, -0.05) is 24.3 Å². The molecule has 0 saturated heterocycles. The standard InChI is InChI=1S/C20H19F3O3/c1-10(24)9-26-18-12(3)11(2)16-14-7-5-6-8-15(14)19(25,20(21,22)23)17(16)13(18)4/h5-8,25H,9H2,1-4H3. The number of Topliss-reactive ketones (excluding diaryl/α,β-unsaturated/α-hetero) is 1. The molecule has 0 bridgehead atoms. The van der Waals surface area contributed by atoms with Crippen LogP contribution in [0.4, 0.5) is 13.2 Å². The number of ketones is 1. The van der Waals surface area contributed by atoms with Crippen molar-refractivity contribution >= 4 is 5.78 Å². The maximum Gasteiger partial charge on any atom is 0.425 e. The van der Waals surface area contributed by atoms with Crippen LogP contribution in [0.5, 0.6) is 5.75 Å². The van der Waals surface area contributed by atoms with Gasteiger partial charge in [0, 0.05) is 11.1 Å². The van der Waals surface area contributed by atoms with Gasteiger partial charge in [0.2, 0.25) is 5.60 Å². The van der Waals surface area contributed by atoms with Gasteiger partial charge in [0.15, 0.2) is 5.78 Å². The Morgan fingerprint density at radius 3 is 2.31 bits per heavy atom. The van der Waals surface area contributed by atoms with E-state index in [-0.39, 0.29) is 34.8 Å². The average molecular weight is 364 g/mol. The summed E-state index contributed by atoms with van der Waals surface area (Å²) in [5.41, 5.74) is -1.32. The summed E-state index contributed by atoms with van der Waals surface area (Å²) in [4.78, 5) is 11.3. The summed E-state index contributed by atoms with van der Waals surface area (Å²) >= 11 is 0. The van der Waals surface area contributed by atoms with E-state index in [1.54, 1.807) is 26.0 Å². The number of hydrogen-bond donors (Lipinski definition) is 1. The van der Waals surface area contributed by atoms with Gasteiger partial charge in [-0.15, -0.1) is 0 Å². The lowest BCUT2D eigenvalue weighted by atomic mass is 9.85. The first-order valence-electron chi connectivity index (χ1n) is 8.17. The first-order chi connectivity index (χ1) is 12.0. The maximum atomic E-state index is 14.0. The third-order valence-electron chi connectivity index (χ3n) is 5.02. The van der Waals surface area contributed by atoms with E-state index >= 15 is 0 Å². The fourth-order valence-electron chi connectivity index (χ4n) is 3.75. The fraction of sp³-hybridized carbons (Fsp3) is 0.350. The molecule has 6 heteroatoms. The predicted octanol–water partition coefficient (Wildman–Crippen LogP) is 4.36. The number of halogens is 3. The zero-order valence-corrected chi connectivity index (χ0v) is 14.9. The number of fused-ring (bicyclic) bond motifs is 3. The molecule has 0 amide bonds. The number of carbonyl (C=O) groups excluding carboxylic acids is 1. The number of alkyl halides is 3. The van der Waals surface area contributed by atoms with Gasteiger partial charge in [-0.05, 0) is 55.5 Å². The first-order valence-corrected chi connectivity index (χ1v) is 8.17. The second kappa shape index (κ2) is 5.84. The summed E-state index contributed by atoms with van der Waals surface area (Å²) in [6, 6.07) is 6.01. The predicted molar refractivity (Wildman–Crippen MR) is 91.3 cm³/mol. The largest absolute Gasteiger partial charge is 0.485 e. The second-order valence-electron chi connectivity index (χ2n) is 6.70. The number of carbonyl (C=O) groups is 1. The molecular formula is C20H19F3O3. The molecule has 0 fully saturated rings. The van der Waals surface area contributed by atoms with Gasteiger partial charge in [0.25, 0.3) is 0 Å².